The van der Waals surface area contributed by atoms with Gasteiger partial charge in [-0.25, -0.2) is 13.6 Å². The van der Waals surface area contributed by atoms with Crippen molar-refractivity contribution in [3.63, 3.8) is 0 Å². The molecule has 1 fully saturated rings. The van der Waals surface area contributed by atoms with Gasteiger partial charge in [-0.15, -0.1) is 0 Å². The Morgan fingerprint density at radius 2 is 2.04 bits per heavy atom. The van der Waals surface area contributed by atoms with Crippen LogP contribution in [0, 0.1) is 23.5 Å². The van der Waals surface area contributed by atoms with E-state index in [4.69, 9.17) is 5.11 Å². The molecular weight excluding hydrogens is 306 g/mol. The van der Waals surface area contributed by atoms with Gasteiger partial charge in [0.25, 0.3) is 0 Å². The summed E-state index contributed by atoms with van der Waals surface area (Å²) in [6.07, 6.45) is 0.933. The minimum Gasteiger partial charge on any atom is -0.481 e. The number of nitrogens with one attached hydrogen (secondary N) is 1. The van der Waals surface area contributed by atoms with E-state index in [1.807, 2.05) is 6.92 Å². The number of halogens is 2. The van der Waals surface area contributed by atoms with Crippen LogP contribution in [0.4, 0.5) is 13.6 Å². The molecule has 1 aromatic carbocycles. The Balaban J connectivity index is 1.84. The standard InChI is InChI=1S/C16H20F2N2O3/c1-10-6-12(15(21)22)9-20(8-10)16(23)19-5-4-11-2-3-13(17)14(18)7-11/h2-3,7,10,12H,4-6,8-9H2,1H3,(H,19,23)(H,21,22). The number of hydrogen-bond acceptors (Lipinski definition) is 2. The Kier molecular flexibility index (Phi) is 5.52. The molecule has 2 amide bonds. The summed E-state index contributed by atoms with van der Waals surface area (Å²) in [7, 11) is 0. The Hall–Kier alpha value is -2.18. The number of benzene rings is 1. The monoisotopic (exact) mass is 326 g/mol. The molecule has 0 bridgehead atoms. The van der Waals surface area contributed by atoms with E-state index in [1.54, 1.807) is 0 Å². The van der Waals surface area contributed by atoms with Crippen molar-refractivity contribution in [1.29, 1.82) is 0 Å². The highest BCUT2D eigenvalue weighted by Crippen LogP contribution is 2.21. The van der Waals surface area contributed by atoms with Gasteiger partial charge in [0.1, 0.15) is 0 Å². The SMILES string of the molecule is CC1CC(C(=O)O)CN(C(=O)NCCc2ccc(F)c(F)c2)C1. The highest BCUT2D eigenvalue weighted by molar-refractivity contribution is 5.76. The van der Waals surface area contributed by atoms with Crippen LogP contribution >= 0.6 is 0 Å². The normalized spacial score (nSPS) is 21.1. The van der Waals surface area contributed by atoms with Crippen LogP contribution in [-0.4, -0.2) is 41.6 Å². The van der Waals surface area contributed by atoms with Crippen LogP contribution < -0.4 is 5.32 Å². The molecule has 2 unspecified atom stereocenters. The maximum Gasteiger partial charge on any atom is 0.317 e. The Morgan fingerprint density at radius 3 is 2.70 bits per heavy atom. The van der Waals surface area contributed by atoms with Gasteiger partial charge in [0.05, 0.1) is 5.92 Å². The summed E-state index contributed by atoms with van der Waals surface area (Å²) in [6, 6.07) is 3.29. The van der Waals surface area contributed by atoms with Crippen LogP contribution in [0.5, 0.6) is 0 Å². The topological polar surface area (TPSA) is 69.6 Å². The predicted molar refractivity (Wildman–Crippen MR) is 79.9 cm³/mol. The second kappa shape index (κ2) is 7.39. The first-order valence-electron chi connectivity index (χ1n) is 7.56. The number of carboxylic acids is 1. The number of nitrogens with zero attached hydrogens (tertiary/aromatic N) is 1. The summed E-state index contributed by atoms with van der Waals surface area (Å²) in [5.41, 5.74) is 0.583. The van der Waals surface area contributed by atoms with E-state index in [0.717, 1.165) is 12.1 Å². The number of urea groups is 1. The average molecular weight is 326 g/mol. The molecule has 0 aromatic heterocycles. The van der Waals surface area contributed by atoms with Gasteiger partial charge in [0.2, 0.25) is 0 Å². The van der Waals surface area contributed by atoms with Gasteiger partial charge in [-0.2, -0.15) is 0 Å². The fourth-order valence-electron chi connectivity index (χ4n) is 2.82. The molecule has 0 radical (unpaired) electrons. The number of carbonyl (C=O) groups excluding carboxylic acids is 1. The van der Waals surface area contributed by atoms with Gasteiger partial charge in [-0.05, 0) is 36.5 Å². The molecule has 1 saturated heterocycles. The van der Waals surface area contributed by atoms with Gasteiger partial charge in [-0.3, -0.25) is 4.79 Å². The number of carbonyl (C=O) groups is 2. The third-order valence-electron chi connectivity index (χ3n) is 3.97. The van der Waals surface area contributed by atoms with E-state index in [1.165, 1.54) is 11.0 Å². The fourth-order valence-corrected chi connectivity index (χ4v) is 2.82. The molecule has 0 spiro atoms. The summed E-state index contributed by atoms with van der Waals surface area (Å²) in [4.78, 5) is 24.7. The summed E-state index contributed by atoms with van der Waals surface area (Å²) in [6.45, 7) is 2.89. The van der Waals surface area contributed by atoms with Crippen molar-refractivity contribution in [2.24, 2.45) is 11.8 Å². The Bertz CT molecular complexity index is 595. The van der Waals surface area contributed by atoms with Crippen molar-refractivity contribution >= 4 is 12.0 Å². The number of piperidine rings is 1. The highest BCUT2D eigenvalue weighted by atomic mass is 19.2. The maximum absolute atomic E-state index is 13.1. The second-order valence-electron chi connectivity index (χ2n) is 6.01. The lowest BCUT2D eigenvalue weighted by atomic mass is 9.91. The lowest BCUT2D eigenvalue weighted by Gasteiger charge is -2.34. The quantitative estimate of drug-likeness (QED) is 0.892. The molecule has 1 heterocycles. The van der Waals surface area contributed by atoms with Crippen molar-refractivity contribution in [1.82, 2.24) is 10.2 Å². The summed E-state index contributed by atoms with van der Waals surface area (Å²) in [5, 5.41) is 11.8. The first kappa shape index (κ1) is 17.2. The van der Waals surface area contributed by atoms with Gasteiger partial charge >= 0.3 is 12.0 Å². The maximum atomic E-state index is 13.1. The van der Waals surface area contributed by atoms with Crippen molar-refractivity contribution < 1.29 is 23.5 Å². The highest BCUT2D eigenvalue weighted by Gasteiger charge is 2.31. The zero-order valence-electron chi connectivity index (χ0n) is 12.9. The van der Waals surface area contributed by atoms with Crippen molar-refractivity contribution in [2.75, 3.05) is 19.6 Å². The minimum absolute atomic E-state index is 0.127. The number of carboxylic acid groups (broad SMARTS) is 1. The Morgan fingerprint density at radius 1 is 1.30 bits per heavy atom. The summed E-state index contributed by atoms with van der Waals surface area (Å²) < 4.78 is 25.9. The molecule has 2 N–H and O–H groups in total. The smallest absolute Gasteiger partial charge is 0.317 e. The number of aliphatic carboxylic acids is 1. The third kappa shape index (κ3) is 4.64. The number of amides is 2. The van der Waals surface area contributed by atoms with E-state index in [-0.39, 0.29) is 25.0 Å². The first-order chi connectivity index (χ1) is 10.9. The van der Waals surface area contributed by atoms with Crippen LogP contribution in [0.2, 0.25) is 0 Å². The summed E-state index contributed by atoms with van der Waals surface area (Å²) >= 11 is 0. The van der Waals surface area contributed by atoms with E-state index < -0.39 is 23.5 Å². The number of likely N-dealkylation sites (tertiary alicyclic amines) is 1. The number of rotatable bonds is 4. The van der Waals surface area contributed by atoms with Crippen LogP contribution in [0.3, 0.4) is 0 Å². The molecule has 1 aromatic rings. The fraction of sp³-hybridized carbons (Fsp3) is 0.500. The lowest BCUT2D eigenvalue weighted by molar-refractivity contribution is -0.143. The van der Waals surface area contributed by atoms with E-state index >= 15 is 0 Å². The third-order valence-corrected chi connectivity index (χ3v) is 3.97. The van der Waals surface area contributed by atoms with Gasteiger partial charge in [-0.1, -0.05) is 13.0 Å². The lowest BCUT2D eigenvalue weighted by Crippen LogP contribution is -2.49. The van der Waals surface area contributed by atoms with Gasteiger partial charge < -0.3 is 15.3 Å². The van der Waals surface area contributed by atoms with E-state index in [2.05, 4.69) is 5.32 Å². The van der Waals surface area contributed by atoms with E-state index in [9.17, 15) is 18.4 Å². The second-order valence-corrected chi connectivity index (χ2v) is 6.01. The van der Waals surface area contributed by atoms with Crippen molar-refractivity contribution in [2.45, 2.75) is 19.8 Å². The first-order valence-corrected chi connectivity index (χ1v) is 7.56. The molecule has 7 heteroatoms. The summed E-state index contributed by atoms with van der Waals surface area (Å²) in [5.74, 6) is -3.13. The van der Waals surface area contributed by atoms with Gasteiger partial charge in [0, 0.05) is 19.6 Å². The van der Waals surface area contributed by atoms with Crippen LogP contribution in [0.25, 0.3) is 0 Å². The predicted octanol–water partition coefficient (Wildman–Crippen LogP) is 2.26. The molecule has 1 aliphatic heterocycles. The van der Waals surface area contributed by atoms with Crippen LogP contribution in [-0.2, 0) is 11.2 Å². The number of hydrogen-bond donors (Lipinski definition) is 2. The van der Waals surface area contributed by atoms with Crippen molar-refractivity contribution in [3.8, 4) is 0 Å². The molecular formula is C16H20F2N2O3. The van der Waals surface area contributed by atoms with Crippen LogP contribution in [0.1, 0.15) is 18.9 Å². The van der Waals surface area contributed by atoms with Crippen LogP contribution in [0.15, 0.2) is 18.2 Å². The molecule has 2 atom stereocenters. The van der Waals surface area contributed by atoms with Crippen molar-refractivity contribution in [3.05, 3.63) is 35.4 Å². The Labute approximate surface area is 133 Å². The van der Waals surface area contributed by atoms with E-state index in [0.29, 0.717) is 24.9 Å². The molecule has 5 nitrogen and oxygen atoms in total. The molecule has 23 heavy (non-hydrogen) atoms. The van der Waals surface area contributed by atoms with Gasteiger partial charge in [0.15, 0.2) is 11.6 Å². The molecule has 1 aliphatic rings. The molecule has 0 saturated carbocycles. The average Bonchev–Trinajstić information content (AvgIpc) is 2.50. The zero-order valence-corrected chi connectivity index (χ0v) is 12.9. The molecule has 0 aliphatic carbocycles. The molecule has 2 rings (SSSR count). The molecule has 126 valence electrons. The largest absolute Gasteiger partial charge is 0.481 e. The zero-order chi connectivity index (χ0) is 17.0. The minimum atomic E-state index is -0.914.